The molecule has 74 valence electrons. The van der Waals surface area contributed by atoms with Crippen LogP contribution in [-0.2, 0) is 0 Å². The summed E-state index contributed by atoms with van der Waals surface area (Å²) in [6.07, 6.45) is 2.02. The lowest BCUT2D eigenvalue weighted by atomic mass is 9.85. The number of rotatable bonds is 1. The van der Waals surface area contributed by atoms with Gasteiger partial charge in [-0.25, -0.2) is 0 Å². The minimum atomic E-state index is 0.577. The molecule has 0 aliphatic carbocycles. The maximum absolute atomic E-state index is 4.37. The van der Waals surface area contributed by atoms with Gasteiger partial charge in [0.1, 0.15) is 0 Å². The lowest BCUT2D eigenvalue weighted by molar-refractivity contribution is 0.731. The molecule has 0 spiro atoms. The maximum atomic E-state index is 4.37. The molecule has 0 aromatic heterocycles. The van der Waals surface area contributed by atoms with Crippen LogP contribution in [0.25, 0.3) is 0 Å². The molecule has 0 saturated heterocycles. The van der Waals surface area contributed by atoms with Crippen LogP contribution in [0.15, 0.2) is 23.2 Å². The summed E-state index contributed by atoms with van der Waals surface area (Å²) in [4.78, 5) is 4.37. The van der Waals surface area contributed by atoms with Crippen molar-refractivity contribution < 1.29 is 0 Å². The van der Waals surface area contributed by atoms with E-state index in [4.69, 9.17) is 0 Å². The molecule has 1 aromatic carbocycles. The minimum Gasteiger partial charge on any atom is -0.292 e. The van der Waals surface area contributed by atoms with Crippen LogP contribution in [0.1, 0.15) is 49.3 Å². The molecule has 0 amide bonds. The van der Waals surface area contributed by atoms with Gasteiger partial charge in [0.2, 0.25) is 0 Å². The van der Waals surface area contributed by atoms with E-state index in [0.717, 1.165) is 6.54 Å². The molecule has 2 rings (SSSR count). The van der Waals surface area contributed by atoms with Gasteiger partial charge >= 0.3 is 0 Å². The average Bonchev–Trinajstić information content (AvgIpc) is 2.17. The zero-order chi connectivity index (χ0) is 10.1. The molecule has 1 unspecified atom stereocenters. The lowest BCUT2D eigenvalue weighted by Gasteiger charge is -2.22. The molecule has 0 N–H and O–H groups in total. The lowest BCUT2D eigenvalue weighted by Crippen LogP contribution is -2.11. The molecule has 0 radical (unpaired) electrons. The third-order valence-corrected chi connectivity index (χ3v) is 2.90. The monoisotopic (exact) mass is 187 g/mol. The molecular formula is C13H17N. The molecule has 1 aromatic rings. The quantitative estimate of drug-likeness (QED) is 0.639. The number of benzene rings is 1. The van der Waals surface area contributed by atoms with Crippen LogP contribution in [0.5, 0.6) is 0 Å². The fourth-order valence-electron chi connectivity index (χ4n) is 2.19. The largest absolute Gasteiger partial charge is 0.292 e. The summed E-state index contributed by atoms with van der Waals surface area (Å²) in [7, 11) is 0. The van der Waals surface area contributed by atoms with Crippen molar-refractivity contribution in [1.29, 1.82) is 0 Å². The predicted molar refractivity (Wildman–Crippen MR) is 61.4 cm³/mol. The molecule has 1 nitrogen and oxygen atoms in total. The maximum Gasteiger partial charge on any atom is 0.0455 e. The summed E-state index contributed by atoms with van der Waals surface area (Å²) in [6.45, 7) is 7.72. The van der Waals surface area contributed by atoms with Gasteiger partial charge in [-0.3, -0.25) is 4.99 Å². The number of aliphatic imine (C=N–C) groups is 1. The number of nitrogens with zero attached hydrogens (tertiary/aromatic N) is 1. The Morgan fingerprint density at radius 2 is 2.14 bits per heavy atom. The second-order valence-corrected chi connectivity index (χ2v) is 4.40. The molecule has 1 aliphatic rings. The summed E-state index contributed by atoms with van der Waals surface area (Å²) in [6, 6.07) is 6.55. The summed E-state index contributed by atoms with van der Waals surface area (Å²) in [5.74, 6) is 1.19. The van der Waals surface area contributed by atoms with Crippen LogP contribution in [0.2, 0.25) is 0 Å². The number of hydrogen-bond acceptors (Lipinski definition) is 1. The van der Waals surface area contributed by atoms with E-state index >= 15 is 0 Å². The van der Waals surface area contributed by atoms with Crippen molar-refractivity contribution in [3.05, 3.63) is 34.9 Å². The Morgan fingerprint density at radius 3 is 2.86 bits per heavy atom. The fourth-order valence-corrected chi connectivity index (χ4v) is 2.19. The van der Waals surface area contributed by atoms with Gasteiger partial charge < -0.3 is 0 Å². The van der Waals surface area contributed by atoms with Gasteiger partial charge in [-0.05, 0) is 22.6 Å². The van der Waals surface area contributed by atoms with Crippen LogP contribution in [0, 0.1) is 0 Å². The summed E-state index contributed by atoms with van der Waals surface area (Å²) in [5.41, 5.74) is 4.31. The average molecular weight is 187 g/mol. The van der Waals surface area contributed by atoms with Crippen molar-refractivity contribution in [1.82, 2.24) is 0 Å². The fraction of sp³-hybridized carbons (Fsp3) is 0.462. The third kappa shape index (κ3) is 1.47. The van der Waals surface area contributed by atoms with E-state index in [1.807, 2.05) is 6.21 Å². The Balaban J connectivity index is 2.58. The third-order valence-electron chi connectivity index (χ3n) is 2.90. The minimum absolute atomic E-state index is 0.577. The topological polar surface area (TPSA) is 12.4 Å². The molecule has 0 fully saturated rings. The van der Waals surface area contributed by atoms with Gasteiger partial charge in [-0.15, -0.1) is 0 Å². The number of hydrogen-bond donors (Lipinski definition) is 0. The van der Waals surface area contributed by atoms with Crippen LogP contribution < -0.4 is 0 Å². The van der Waals surface area contributed by atoms with Gasteiger partial charge in [-0.2, -0.15) is 0 Å². The first-order valence-electron chi connectivity index (χ1n) is 5.32. The van der Waals surface area contributed by atoms with Gasteiger partial charge in [0, 0.05) is 18.7 Å². The first-order valence-corrected chi connectivity index (χ1v) is 5.32. The molecule has 0 saturated carbocycles. The zero-order valence-corrected chi connectivity index (χ0v) is 9.12. The second kappa shape index (κ2) is 3.56. The van der Waals surface area contributed by atoms with E-state index in [9.17, 15) is 0 Å². The van der Waals surface area contributed by atoms with Crippen molar-refractivity contribution in [3.8, 4) is 0 Å². The smallest absolute Gasteiger partial charge is 0.0455 e. The first-order chi connectivity index (χ1) is 6.70. The van der Waals surface area contributed by atoms with Crippen molar-refractivity contribution >= 4 is 6.21 Å². The Hall–Kier alpha value is -1.11. The molecule has 1 heterocycles. The number of fused-ring (bicyclic) bond motifs is 1. The van der Waals surface area contributed by atoms with E-state index in [1.165, 1.54) is 16.7 Å². The summed E-state index contributed by atoms with van der Waals surface area (Å²) < 4.78 is 0. The highest BCUT2D eigenvalue weighted by Crippen LogP contribution is 2.30. The highest BCUT2D eigenvalue weighted by Gasteiger charge is 2.18. The highest BCUT2D eigenvalue weighted by atomic mass is 14.7. The van der Waals surface area contributed by atoms with E-state index < -0.39 is 0 Å². The normalized spacial score (nSPS) is 19.9. The Labute approximate surface area is 85.9 Å². The van der Waals surface area contributed by atoms with Gasteiger partial charge in [0.05, 0.1) is 0 Å². The van der Waals surface area contributed by atoms with E-state index in [2.05, 4.69) is 44.0 Å². The zero-order valence-electron chi connectivity index (χ0n) is 9.12. The molecule has 0 bridgehead atoms. The van der Waals surface area contributed by atoms with E-state index in [0.29, 0.717) is 11.8 Å². The molecule has 1 heteroatoms. The summed E-state index contributed by atoms with van der Waals surface area (Å²) in [5, 5.41) is 0. The SMILES string of the molecule is CC(C)c1cccc2c1C(C)CN=C2. The van der Waals surface area contributed by atoms with Crippen molar-refractivity contribution in [2.24, 2.45) is 4.99 Å². The van der Waals surface area contributed by atoms with Crippen molar-refractivity contribution in [2.45, 2.75) is 32.6 Å². The van der Waals surface area contributed by atoms with Crippen molar-refractivity contribution in [3.63, 3.8) is 0 Å². The molecular weight excluding hydrogens is 170 g/mol. The Morgan fingerprint density at radius 1 is 1.36 bits per heavy atom. The Kier molecular flexibility index (Phi) is 2.40. The van der Waals surface area contributed by atoms with Crippen molar-refractivity contribution in [2.75, 3.05) is 6.54 Å². The van der Waals surface area contributed by atoms with Gasteiger partial charge in [0.25, 0.3) is 0 Å². The van der Waals surface area contributed by atoms with Crippen LogP contribution in [0.3, 0.4) is 0 Å². The Bertz CT molecular complexity index is 363. The van der Waals surface area contributed by atoms with Gasteiger partial charge in [0.15, 0.2) is 0 Å². The van der Waals surface area contributed by atoms with E-state index in [-0.39, 0.29) is 0 Å². The molecule has 1 aliphatic heterocycles. The molecule has 14 heavy (non-hydrogen) atoms. The predicted octanol–water partition coefficient (Wildman–Crippen LogP) is 3.35. The van der Waals surface area contributed by atoms with Gasteiger partial charge in [-0.1, -0.05) is 39.0 Å². The highest BCUT2D eigenvalue weighted by molar-refractivity contribution is 5.84. The standard InChI is InChI=1S/C13H17N/c1-9(2)12-6-4-5-11-8-14-7-10(3)13(11)12/h4-6,8-10H,7H2,1-3H3. The van der Waals surface area contributed by atoms with Crippen LogP contribution in [-0.4, -0.2) is 12.8 Å². The molecule has 1 atom stereocenters. The van der Waals surface area contributed by atoms with E-state index in [1.54, 1.807) is 0 Å². The second-order valence-electron chi connectivity index (χ2n) is 4.40. The summed E-state index contributed by atoms with van der Waals surface area (Å²) >= 11 is 0. The first kappa shape index (κ1) is 9.45. The van der Waals surface area contributed by atoms with Crippen LogP contribution in [0.4, 0.5) is 0 Å². The van der Waals surface area contributed by atoms with Crippen LogP contribution >= 0.6 is 0 Å².